The third kappa shape index (κ3) is 2.27. The van der Waals surface area contributed by atoms with E-state index in [1.54, 1.807) is 14.2 Å². The Kier molecular flexibility index (Phi) is 3.50. The first-order valence-electron chi connectivity index (χ1n) is 8.81. The molecule has 0 bridgehead atoms. The van der Waals surface area contributed by atoms with Gasteiger partial charge in [0.1, 0.15) is 0 Å². The smallest absolute Gasteiger partial charge is 0.161 e. The average molecular weight is 354 g/mol. The number of hydrogen-bond donors (Lipinski definition) is 0. The Hall–Kier alpha value is -3.53. The van der Waals surface area contributed by atoms with Crippen molar-refractivity contribution in [2.75, 3.05) is 14.2 Å². The van der Waals surface area contributed by atoms with Crippen LogP contribution in [0.4, 0.5) is 0 Å². The lowest BCUT2D eigenvalue weighted by molar-refractivity contribution is 0.356. The van der Waals surface area contributed by atoms with Crippen LogP contribution < -0.4 is 9.47 Å². The van der Waals surface area contributed by atoms with Gasteiger partial charge in [-0.3, -0.25) is 0 Å². The largest absolute Gasteiger partial charge is 0.493 e. The number of aromatic nitrogens is 2. The molecule has 1 heterocycles. The molecule has 27 heavy (non-hydrogen) atoms. The van der Waals surface area contributed by atoms with E-state index in [-0.39, 0.29) is 0 Å². The minimum absolute atomic E-state index is 0.717. The van der Waals surface area contributed by atoms with Crippen LogP contribution in [-0.2, 0) is 0 Å². The molecule has 0 N–H and O–H groups in total. The van der Waals surface area contributed by atoms with E-state index in [4.69, 9.17) is 14.6 Å². The van der Waals surface area contributed by atoms with Gasteiger partial charge in [-0.1, -0.05) is 42.5 Å². The second kappa shape index (κ2) is 6.02. The fourth-order valence-corrected chi connectivity index (χ4v) is 3.82. The molecule has 1 aromatic heterocycles. The molecule has 132 valence electrons. The van der Waals surface area contributed by atoms with Crippen molar-refractivity contribution in [1.82, 2.24) is 9.78 Å². The molecule has 4 heteroatoms. The average Bonchev–Trinajstić information content (AvgIpc) is 3.19. The molecule has 0 aliphatic rings. The molecule has 0 saturated heterocycles. The molecule has 0 radical (unpaired) electrons. The van der Waals surface area contributed by atoms with Crippen LogP contribution in [0.5, 0.6) is 11.5 Å². The Morgan fingerprint density at radius 2 is 1.26 bits per heavy atom. The maximum atomic E-state index is 5.54. The number of benzene rings is 4. The Morgan fingerprint density at radius 1 is 0.667 bits per heavy atom. The summed E-state index contributed by atoms with van der Waals surface area (Å²) in [6.07, 6.45) is 1.93. The van der Waals surface area contributed by atoms with Gasteiger partial charge in [-0.15, -0.1) is 0 Å². The van der Waals surface area contributed by atoms with Crippen molar-refractivity contribution in [3.8, 4) is 17.2 Å². The maximum absolute atomic E-state index is 5.54. The quantitative estimate of drug-likeness (QED) is 0.410. The molecule has 4 nitrogen and oxygen atoms in total. The van der Waals surface area contributed by atoms with Crippen LogP contribution in [-0.4, -0.2) is 24.0 Å². The first kappa shape index (κ1) is 15.7. The highest BCUT2D eigenvalue weighted by atomic mass is 16.5. The fourth-order valence-electron chi connectivity index (χ4n) is 3.82. The van der Waals surface area contributed by atoms with Crippen LogP contribution >= 0.6 is 0 Å². The van der Waals surface area contributed by atoms with Gasteiger partial charge in [-0.25, -0.2) is 4.68 Å². The first-order chi connectivity index (χ1) is 13.3. The van der Waals surface area contributed by atoms with Crippen molar-refractivity contribution in [3.63, 3.8) is 0 Å². The van der Waals surface area contributed by atoms with Gasteiger partial charge in [0.05, 0.1) is 31.6 Å². The van der Waals surface area contributed by atoms with Crippen molar-refractivity contribution >= 4 is 32.4 Å². The van der Waals surface area contributed by atoms with E-state index in [0.29, 0.717) is 5.75 Å². The fraction of sp³-hybridized carbons (Fsp3) is 0.0870. The summed E-state index contributed by atoms with van der Waals surface area (Å²) < 4.78 is 13.1. The normalized spacial score (nSPS) is 11.3. The van der Waals surface area contributed by atoms with Gasteiger partial charge in [0.25, 0.3) is 0 Å². The zero-order valence-electron chi connectivity index (χ0n) is 15.1. The highest BCUT2D eigenvalue weighted by Gasteiger charge is 2.16. The van der Waals surface area contributed by atoms with Gasteiger partial charge < -0.3 is 9.47 Å². The number of fused-ring (bicyclic) bond motifs is 6. The molecule has 0 fully saturated rings. The molecule has 0 atom stereocenters. The summed E-state index contributed by atoms with van der Waals surface area (Å²) in [6, 6.07) is 22.7. The second-order valence-electron chi connectivity index (χ2n) is 6.45. The Bertz CT molecular complexity index is 1290. The SMILES string of the molecule is COc1cc2c3ccccc3c3c(cnn3-c3ccccc3)c2cc1OC. The van der Waals surface area contributed by atoms with E-state index < -0.39 is 0 Å². The lowest BCUT2D eigenvalue weighted by Gasteiger charge is -2.13. The zero-order valence-corrected chi connectivity index (χ0v) is 15.1. The highest BCUT2D eigenvalue weighted by molar-refractivity contribution is 6.25. The first-order valence-corrected chi connectivity index (χ1v) is 8.81. The van der Waals surface area contributed by atoms with E-state index in [9.17, 15) is 0 Å². The minimum Gasteiger partial charge on any atom is -0.493 e. The van der Waals surface area contributed by atoms with Crippen molar-refractivity contribution in [1.29, 1.82) is 0 Å². The zero-order chi connectivity index (χ0) is 18.4. The number of hydrogen-bond acceptors (Lipinski definition) is 3. The molecule has 0 unspecified atom stereocenters. The Labute approximate surface area is 156 Å². The van der Waals surface area contributed by atoms with Crippen LogP contribution in [0, 0.1) is 0 Å². The van der Waals surface area contributed by atoms with Gasteiger partial charge in [0.2, 0.25) is 0 Å². The summed E-state index contributed by atoms with van der Waals surface area (Å²) in [6.45, 7) is 0. The Morgan fingerprint density at radius 3 is 1.93 bits per heavy atom. The van der Waals surface area contributed by atoms with E-state index in [0.717, 1.165) is 38.5 Å². The summed E-state index contributed by atoms with van der Waals surface area (Å²) in [5.74, 6) is 1.44. The summed E-state index contributed by atoms with van der Waals surface area (Å²) in [5.41, 5.74) is 2.13. The number of ether oxygens (including phenoxy) is 2. The number of methoxy groups -OCH3 is 2. The van der Waals surface area contributed by atoms with Crippen molar-refractivity contribution in [2.24, 2.45) is 0 Å². The van der Waals surface area contributed by atoms with Gasteiger partial charge in [0.15, 0.2) is 11.5 Å². The van der Waals surface area contributed by atoms with E-state index in [2.05, 4.69) is 42.5 Å². The number of nitrogens with zero attached hydrogens (tertiary/aromatic N) is 2. The molecular weight excluding hydrogens is 336 g/mol. The van der Waals surface area contributed by atoms with E-state index in [1.165, 1.54) is 5.39 Å². The van der Waals surface area contributed by atoms with Gasteiger partial charge in [0, 0.05) is 10.8 Å². The summed E-state index contributed by atoms with van der Waals surface area (Å²) in [4.78, 5) is 0. The molecule has 0 spiro atoms. The van der Waals surface area contributed by atoms with Crippen LogP contribution in [0.2, 0.25) is 0 Å². The van der Waals surface area contributed by atoms with Crippen LogP contribution in [0.3, 0.4) is 0 Å². The second-order valence-corrected chi connectivity index (χ2v) is 6.45. The highest BCUT2D eigenvalue weighted by Crippen LogP contribution is 2.41. The van der Waals surface area contributed by atoms with E-state index in [1.807, 2.05) is 35.1 Å². The van der Waals surface area contributed by atoms with Crippen molar-refractivity contribution in [2.45, 2.75) is 0 Å². The van der Waals surface area contributed by atoms with Gasteiger partial charge in [-0.05, 0) is 40.4 Å². The van der Waals surface area contributed by atoms with Gasteiger partial charge in [-0.2, -0.15) is 5.10 Å². The molecule has 0 saturated carbocycles. The third-order valence-corrected chi connectivity index (χ3v) is 5.06. The minimum atomic E-state index is 0.717. The monoisotopic (exact) mass is 354 g/mol. The predicted octanol–water partition coefficient (Wildman–Crippen LogP) is 5.35. The van der Waals surface area contributed by atoms with Crippen LogP contribution in [0.15, 0.2) is 72.9 Å². The predicted molar refractivity (Wildman–Crippen MR) is 109 cm³/mol. The lowest BCUT2D eigenvalue weighted by Crippen LogP contribution is -1.96. The van der Waals surface area contributed by atoms with Crippen LogP contribution in [0.25, 0.3) is 38.1 Å². The van der Waals surface area contributed by atoms with Crippen LogP contribution in [0.1, 0.15) is 0 Å². The van der Waals surface area contributed by atoms with E-state index >= 15 is 0 Å². The van der Waals surface area contributed by atoms with Crippen molar-refractivity contribution in [3.05, 3.63) is 72.9 Å². The Balaban J connectivity index is 2.00. The standard InChI is InChI=1S/C23H18N2O2/c1-26-21-12-18-16-10-6-7-11-17(16)23-20(19(18)13-22(21)27-2)14-24-25(23)15-8-4-3-5-9-15/h3-14H,1-2H3. The van der Waals surface area contributed by atoms with Gasteiger partial charge >= 0.3 is 0 Å². The molecular formula is C23H18N2O2. The lowest BCUT2D eigenvalue weighted by atomic mass is 9.97. The molecule has 0 aliphatic carbocycles. The molecule has 4 aromatic carbocycles. The number of para-hydroxylation sites is 1. The summed E-state index contributed by atoms with van der Waals surface area (Å²) in [5, 5.41) is 10.4. The van der Waals surface area contributed by atoms with Crippen molar-refractivity contribution < 1.29 is 9.47 Å². The molecule has 5 rings (SSSR count). The third-order valence-electron chi connectivity index (χ3n) is 5.06. The summed E-state index contributed by atoms with van der Waals surface area (Å²) in [7, 11) is 3.33. The molecule has 5 aromatic rings. The maximum Gasteiger partial charge on any atom is 0.161 e. The summed E-state index contributed by atoms with van der Waals surface area (Å²) >= 11 is 0. The number of rotatable bonds is 3. The topological polar surface area (TPSA) is 36.3 Å². The molecule has 0 amide bonds. The molecule has 0 aliphatic heterocycles.